The molecule has 0 spiro atoms. The highest BCUT2D eigenvalue weighted by Crippen LogP contribution is 1.86. The third kappa shape index (κ3) is 1.81. The maximum atomic E-state index is 4.52. The second-order valence-electron chi connectivity index (χ2n) is 1.70. The molecule has 0 amide bonds. The molecule has 4 heteroatoms. The summed E-state index contributed by atoms with van der Waals surface area (Å²) in [6.07, 6.45) is 2.16. The first-order valence-corrected chi connectivity index (χ1v) is 2.83. The molecule has 0 unspecified atom stereocenters. The Morgan fingerprint density at radius 3 is 3.22 bits per heavy atom. The molecule has 0 aromatic carbocycles. The van der Waals surface area contributed by atoms with Crippen LogP contribution in [0.5, 0.6) is 0 Å². The molecule has 4 nitrogen and oxygen atoms in total. The van der Waals surface area contributed by atoms with Crippen LogP contribution in [0.2, 0.25) is 0 Å². The van der Waals surface area contributed by atoms with Crippen molar-refractivity contribution in [1.82, 2.24) is 15.5 Å². The Labute approximate surface area is 53.3 Å². The summed E-state index contributed by atoms with van der Waals surface area (Å²) in [6.45, 7) is 0.888. The van der Waals surface area contributed by atoms with E-state index in [1.165, 1.54) is 6.39 Å². The fraction of sp³-hybridized carbons (Fsp3) is 0.600. The molecular formula is C5H9N3O. The van der Waals surface area contributed by atoms with Gasteiger partial charge in [0.1, 0.15) is 0 Å². The molecule has 0 saturated carbocycles. The molecule has 0 bridgehead atoms. The molecule has 0 aliphatic carbocycles. The van der Waals surface area contributed by atoms with Gasteiger partial charge in [-0.3, -0.25) is 0 Å². The predicted octanol–water partition coefficient (Wildman–Crippen LogP) is -0.169. The third-order valence-corrected chi connectivity index (χ3v) is 1.01. The maximum Gasteiger partial charge on any atom is 0.213 e. The van der Waals surface area contributed by atoms with Crippen LogP contribution in [0.4, 0.5) is 0 Å². The van der Waals surface area contributed by atoms with E-state index in [-0.39, 0.29) is 0 Å². The molecule has 0 radical (unpaired) electrons. The number of rotatable bonds is 3. The van der Waals surface area contributed by atoms with Crippen LogP contribution < -0.4 is 5.32 Å². The number of likely N-dealkylation sites (N-methyl/N-ethyl adjacent to an activating group) is 1. The fourth-order valence-corrected chi connectivity index (χ4v) is 0.539. The molecule has 1 rings (SSSR count). The van der Waals surface area contributed by atoms with Crippen molar-refractivity contribution < 1.29 is 4.52 Å². The van der Waals surface area contributed by atoms with Crippen molar-refractivity contribution >= 4 is 0 Å². The molecule has 0 saturated heterocycles. The van der Waals surface area contributed by atoms with Gasteiger partial charge in [0.2, 0.25) is 6.39 Å². The predicted molar refractivity (Wildman–Crippen MR) is 31.9 cm³/mol. The van der Waals surface area contributed by atoms with E-state index in [0.717, 1.165) is 18.8 Å². The van der Waals surface area contributed by atoms with Crippen molar-refractivity contribution in [2.75, 3.05) is 13.6 Å². The molecule has 50 valence electrons. The van der Waals surface area contributed by atoms with E-state index < -0.39 is 0 Å². The Morgan fingerprint density at radius 1 is 1.78 bits per heavy atom. The van der Waals surface area contributed by atoms with E-state index >= 15 is 0 Å². The normalized spacial score (nSPS) is 9.89. The van der Waals surface area contributed by atoms with Crippen LogP contribution in [0.3, 0.4) is 0 Å². The Bertz CT molecular complexity index is 149. The number of hydrogen-bond donors (Lipinski definition) is 1. The van der Waals surface area contributed by atoms with Gasteiger partial charge in [0, 0.05) is 13.0 Å². The molecule has 0 aliphatic rings. The zero-order chi connectivity index (χ0) is 6.53. The molecule has 9 heavy (non-hydrogen) atoms. The standard InChI is InChI=1S/C5H9N3O/c1-6-3-2-5-7-4-9-8-5/h4,6H,2-3H2,1H3. The van der Waals surface area contributed by atoms with Crippen molar-refractivity contribution in [1.29, 1.82) is 0 Å². The minimum atomic E-state index is 0.754. The third-order valence-electron chi connectivity index (χ3n) is 1.01. The van der Waals surface area contributed by atoms with Gasteiger partial charge < -0.3 is 9.84 Å². The van der Waals surface area contributed by atoms with Crippen LogP contribution in [-0.2, 0) is 6.42 Å². The van der Waals surface area contributed by atoms with Crippen LogP contribution >= 0.6 is 0 Å². The minimum absolute atomic E-state index is 0.754. The van der Waals surface area contributed by atoms with Gasteiger partial charge in [0.25, 0.3) is 0 Å². The van der Waals surface area contributed by atoms with Crippen LogP contribution in [0.1, 0.15) is 5.82 Å². The molecule has 1 aromatic rings. The van der Waals surface area contributed by atoms with Gasteiger partial charge in [-0.2, -0.15) is 4.98 Å². The highest BCUT2D eigenvalue weighted by molar-refractivity contribution is 4.77. The molecule has 1 aromatic heterocycles. The zero-order valence-corrected chi connectivity index (χ0v) is 5.29. The largest absolute Gasteiger partial charge is 0.343 e. The topological polar surface area (TPSA) is 51.0 Å². The maximum absolute atomic E-state index is 4.52. The second-order valence-corrected chi connectivity index (χ2v) is 1.70. The van der Waals surface area contributed by atoms with Crippen LogP contribution in [0, 0.1) is 0 Å². The van der Waals surface area contributed by atoms with Crippen molar-refractivity contribution in [3.8, 4) is 0 Å². The average Bonchev–Trinajstić information content (AvgIpc) is 2.34. The molecule has 0 fully saturated rings. The Hall–Kier alpha value is -0.900. The van der Waals surface area contributed by atoms with E-state index in [4.69, 9.17) is 0 Å². The van der Waals surface area contributed by atoms with Gasteiger partial charge in [-0.25, -0.2) is 0 Å². The van der Waals surface area contributed by atoms with Crippen molar-refractivity contribution in [3.05, 3.63) is 12.2 Å². The summed E-state index contributed by atoms with van der Waals surface area (Å²) in [7, 11) is 1.89. The van der Waals surface area contributed by atoms with Gasteiger partial charge in [0.15, 0.2) is 5.82 Å². The number of nitrogens with zero attached hydrogens (tertiary/aromatic N) is 2. The summed E-state index contributed by atoms with van der Waals surface area (Å²) < 4.78 is 4.52. The van der Waals surface area contributed by atoms with Crippen molar-refractivity contribution in [2.24, 2.45) is 0 Å². The highest BCUT2D eigenvalue weighted by atomic mass is 16.5. The lowest BCUT2D eigenvalue weighted by Gasteiger charge is -1.89. The van der Waals surface area contributed by atoms with Crippen LogP contribution in [0.25, 0.3) is 0 Å². The van der Waals surface area contributed by atoms with Crippen molar-refractivity contribution in [3.63, 3.8) is 0 Å². The van der Waals surface area contributed by atoms with Gasteiger partial charge in [-0.05, 0) is 7.05 Å². The lowest BCUT2D eigenvalue weighted by atomic mass is 10.4. The summed E-state index contributed by atoms with van der Waals surface area (Å²) in [5.41, 5.74) is 0. The minimum Gasteiger partial charge on any atom is -0.343 e. The van der Waals surface area contributed by atoms with E-state index in [2.05, 4.69) is 20.0 Å². The van der Waals surface area contributed by atoms with E-state index in [1.54, 1.807) is 0 Å². The van der Waals surface area contributed by atoms with E-state index in [1.807, 2.05) is 7.05 Å². The first-order chi connectivity index (χ1) is 4.43. The smallest absolute Gasteiger partial charge is 0.213 e. The summed E-state index contributed by atoms with van der Waals surface area (Å²) in [4.78, 5) is 3.84. The summed E-state index contributed by atoms with van der Waals surface area (Å²) in [5, 5.41) is 6.61. The SMILES string of the molecule is CNCCc1ncon1. The average molecular weight is 127 g/mol. The van der Waals surface area contributed by atoms with Crippen molar-refractivity contribution in [2.45, 2.75) is 6.42 Å². The molecule has 1 N–H and O–H groups in total. The van der Waals surface area contributed by atoms with E-state index in [0.29, 0.717) is 0 Å². The Morgan fingerprint density at radius 2 is 2.67 bits per heavy atom. The summed E-state index contributed by atoms with van der Waals surface area (Å²) >= 11 is 0. The monoisotopic (exact) mass is 127 g/mol. The first-order valence-electron chi connectivity index (χ1n) is 2.83. The number of nitrogens with one attached hydrogen (secondary N) is 1. The van der Waals surface area contributed by atoms with Crippen LogP contribution in [-0.4, -0.2) is 23.7 Å². The molecule has 1 heterocycles. The molecule has 0 aliphatic heterocycles. The Balaban J connectivity index is 2.30. The van der Waals surface area contributed by atoms with Gasteiger partial charge in [-0.1, -0.05) is 5.16 Å². The van der Waals surface area contributed by atoms with Gasteiger partial charge >= 0.3 is 0 Å². The second kappa shape index (κ2) is 3.19. The van der Waals surface area contributed by atoms with E-state index in [9.17, 15) is 0 Å². The Kier molecular flexibility index (Phi) is 2.21. The molecular weight excluding hydrogens is 118 g/mol. The molecule has 0 atom stereocenters. The number of hydrogen-bond acceptors (Lipinski definition) is 4. The van der Waals surface area contributed by atoms with Crippen LogP contribution in [0.15, 0.2) is 10.9 Å². The fourth-order valence-electron chi connectivity index (χ4n) is 0.539. The lowest BCUT2D eigenvalue weighted by Crippen LogP contribution is -2.10. The van der Waals surface area contributed by atoms with Gasteiger partial charge in [-0.15, -0.1) is 0 Å². The first kappa shape index (κ1) is 6.22. The summed E-state index contributed by atoms with van der Waals surface area (Å²) in [5.74, 6) is 0.754. The highest BCUT2D eigenvalue weighted by Gasteiger charge is 1.93. The van der Waals surface area contributed by atoms with Gasteiger partial charge in [0.05, 0.1) is 0 Å². The summed E-state index contributed by atoms with van der Waals surface area (Å²) in [6, 6.07) is 0. The number of aromatic nitrogens is 2. The lowest BCUT2D eigenvalue weighted by molar-refractivity contribution is 0.409. The quantitative estimate of drug-likeness (QED) is 0.612. The zero-order valence-electron chi connectivity index (χ0n) is 5.29.